The molecule has 0 bridgehead atoms. The van der Waals surface area contributed by atoms with Crippen LogP contribution in [0.5, 0.6) is 0 Å². The van der Waals surface area contributed by atoms with Crippen LogP contribution in [-0.4, -0.2) is 15.9 Å². The van der Waals surface area contributed by atoms with E-state index in [-0.39, 0.29) is 48.9 Å². The van der Waals surface area contributed by atoms with Crippen LogP contribution in [0.25, 0.3) is 42.7 Å². The number of ketones is 1. The summed E-state index contributed by atoms with van der Waals surface area (Å²) in [6.07, 6.45) is 4.91. The molecule has 44 heavy (non-hydrogen) atoms. The minimum atomic E-state index is -0.0787. The van der Waals surface area contributed by atoms with Gasteiger partial charge in [0.05, 0.1) is 11.3 Å². The number of benzene rings is 3. The zero-order chi connectivity index (χ0) is 30.7. The van der Waals surface area contributed by atoms with Crippen LogP contribution in [0.15, 0.2) is 84.6 Å². The van der Waals surface area contributed by atoms with Gasteiger partial charge in [-0.15, -0.1) is 40.7 Å². The number of pyridine rings is 1. The Balaban J connectivity index is 0.000000239. The van der Waals surface area contributed by atoms with E-state index >= 15 is 0 Å². The molecule has 1 aliphatic rings. The number of carbonyl (C=O) groups is 1. The Hall–Kier alpha value is -3.11. The topological polar surface area (TPSA) is 50.2 Å². The van der Waals surface area contributed by atoms with E-state index < -0.39 is 0 Å². The SMILES string of the molecule is CC1(C)c2c(-c3ccc4ccccc4n3)[c-]ccc2-c2sc3ccccc3c21.CCC(CC)C(=O)/C=C(\O)C(CC)CC.[Ir]. The van der Waals surface area contributed by atoms with Crippen LogP contribution >= 0.6 is 11.3 Å². The predicted molar refractivity (Wildman–Crippen MR) is 183 cm³/mol. The molecular weight excluding hydrogens is 739 g/mol. The van der Waals surface area contributed by atoms with Crippen LogP contribution in [0.2, 0.25) is 0 Å². The monoisotopic (exact) mass is 781 g/mol. The van der Waals surface area contributed by atoms with Gasteiger partial charge in [0.1, 0.15) is 0 Å². The number of rotatable bonds is 8. The molecule has 1 N–H and O–H groups in total. The quantitative estimate of drug-likeness (QED) is 0.0969. The van der Waals surface area contributed by atoms with Crippen LogP contribution in [0.3, 0.4) is 0 Å². The average molecular weight is 781 g/mol. The summed E-state index contributed by atoms with van der Waals surface area (Å²) in [6, 6.07) is 29.2. The van der Waals surface area contributed by atoms with Gasteiger partial charge < -0.3 is 5.11 Å². The average Bonchev–Trinajstić information content (AvgIpc) is 3.52. The normalized spacial score (nSPS) is 13.4. The van der Waals surface area contributed by atoms with Gasteiger partial charge in [0.2, 0.25) is 0 Å². The minimum Gasteiger partial charge on any atom is -0.512 e. The molecule has 0 spiro atoms. The van der Waals surface area contributed by atoms with Crippen LogP contribution < -0.4 is 0 Å². The molecule has 6 rings (SSSR count). The first-order chi connectivity index (χ1) is 20.7. The zero-order valence-electron chi connectivity index (χ0n) is 26.5. The van der Waals surface area contributed by atoms with E-state index in [9.17, 15) is 9.90 Å². The van der Waals surface area contributed by atoms with Crippen molar-refractivity contribution >= 4 is 38.1 Å². The summed E-state index contributed by atoms with van der Waals surface area (Å²) in [5.74, 6) is 0.547. The fraction of sp³-hybridized carbons (Fsp3) is 0.333. The number of fused-ring (bicyclic) bond motifs is 6. The Morgan fingerprint density at radius 2 is 1.55 bits per heavy atom. The van der Waals surface area contributed by atoms with Crippen molar-refractivity contribution < 1.29 is 30.0 Å². The molecule has 0 saturated carbocycles. The van der Waals surface area contributed by atoms with E-state index in [1.807, 2.05) is 45.1 Å². The molecular formula is C39H42IrNO2S-. The molecule has 5 heteroatoms. The molecule has 0 fully saturated rings. The number of nitrogens with zero attached hydrogens (tertiary/aromatic N) is 1. The van der Waals surface area contributed by atoms with Crippen LogP contribution in [0.1, 0.15) is 78.4 Å². The second kappa shape index (κ2) is 14.3. The predicted octanol–water partition coefficient (Wildman–Crippen LogP) is 11.1. The fourth-order valence-corrected chi connectivity index (χ4v) is 7.90. The molecule has 3 aromatic carbocycles. The summed E-state index contributed by atoms with van der Waals surface area (Å²) in [7, 11) is 0. The van der Waals surface area contributed by atoms with Gasteiger partial charge >= 0.3 is 0 Å². The molecule has 5 aromatic rings. The van der Waals surface area contributed by atoms with E-state index in [1.165, 1.54) is 43.1 Å². The Kier molecular flexibility index (Phi) is 11.0. The Morgan fingerprint density at radius 3 is 2.25 bits per heavy atom. The van der Waals surface area contributed by atoms with Gasteiger partial charge in [0.15, 0.2) is 5.78 Å². The molecule has 3 nitrogen and oxygen atoms in total. The Bertz CT molecular complexity index is 1790. The van der Waals surface area contributed by atoms with E-state index in [4.69, 9.17) is 4.98 Å². The van der Waals surface area contributed by atoms with Crippen molar-refractivity contribution in [2.75, 3.05) is 0 Å². The van der Waals surface area contributed by atoms with Crippen molar-refractivity contribution in [3.05, 3.63) is 102 Å². The molecule has 1 aliphatic carbocycles. The maximum atomic E-state index is 11.7. The van der Waals surface area contributed by atoms with Crippen LogP contribution in [0.4, 0.5) is 0 Å². The number of aliphatic hydroxyl groups excluding tert-OH is 1. The molecule has 1 radical (unpaired) electrons. The van der Waals surface area contributed by atoms with Gasteiger partial charge in [0.25, 0.3) is 0 Å². The van der Waals surface area contributed by atoms with Crippen molar-refractivity contribution in [3.63, 3.8) is 0 Å². The molecule has 0 aliphatic heterocycles. The standard InChI is InChI=1S/C26H18NS.C13H24O2.Ir/c1-26(2)23-17(21-15-14-16-8-3-5-12-20(16)27-21)10-7-11-19(23)25-24(26)18-9-4-6-13-22(18)28-25;1-5-10(6-2)12(14)9-13(15)11(7-3)8-4;/h3-9,11-15H,1-2H3;9-11,14H,5-8H2,1-4H3;/q-1;;/b;12-9-;. The minimum absolute atomic E-state index is 0. The number of hydrogen-bond donors (Lipinski definition) is 1. The molecule has 0 saturated heterocycles. The van der Waals surface area contributed by atoms with Crippen LogP contribution in [0, 0.1) is 17.9 Å². The molecule has 2 heterocycles. The van der Waals surface area contributed by atoms with Crippen molar-refractivity contribution in [1.82, 2.24) is 4.98 Å². The summed E-state index contributed by atoms with van der Waals surface area (Å²) < 4.78 is 1.37. The maximum absolute atomic E-state index is 11.7. The molecule has 2 aromatic heterocycles. The van der Waals surface area contributed by atoms with Gasteiger partial charge in [-0.05, 0) is 65.3 Å². The summed E-state index contributed by atoms with van der Waals surface area (Å²) in [4.78, 5) is 18.1. The number of carbonyl (C=O) groups excluding carboxylic acids is 1. The van der Waals surface area contributed by atoms with Crippen molar-refractivity contribution in [2.45, 2.75) is 72.6 Å². The summed E-state index contributed by atoms with van der Waals surface area (Å²) >= 11 is 1.90. The fourth-order valence-electron chi connectivity index (χ4n) is 6.50. The van der Waals surface area contributed by atoms with E-state index in [0.717, 1.165) is 42.5 Å². The van der Waals surface area contributed by atoms with Crippen molar-refractivity contribution in [1.29, 1.82) is 0 Å². The van der Waals surface area contributed by atoms with Gasteiger partial charge in [-0.3, -0.25) is 9.78 Å². The number of aliphatic hydroxyl groups is 1. The number of para-hydroxylation sites is 1. The van der Waals surface area contributed by atoms with Gasteiger partial charge in [-0.2, -0.15) is 0 Å². The number of allylic oxidation sites excluding steroid dienone is 2. The zero-order valence-corrected chi connectivity index (χ0v) is 29.7. The number of aromatic nitrogens is 1. The van der Waals surface area contributed by atoms with Gasteiger partial charge in [0, 0.05) is 47.6 Å². The molecule has 0 atom stereocenters. The number of hydrogen-bond acceptors (Lipinski definition) is 4. The largest absolute Gasteiger partial charge is 0.512 e. The van der Waals surface area contributed by atoms with E-state index in [1.54, 1.807) is 0 Å². The van der Waals surface area contributed by atoms with E-state index in [2.05, 4.69) is 86.6 Å². The Labute approximate surface area is 279 Å². The second-order valence-corrected chi connectivity index (χ2v) is 13.0. The summed E-state index contributed by atoms with van der Waals surface area (Å²) in [5, 5.41) is 12.3. The molecule has 0 amide bonds. The van der Waals surface area contributed by atoms with Gasteiger partial charge in [-0.25, -0.2) is 0 Å². The first kappa shape index (κ1) is 33.8. The van der Waals surface area contributed by atoms with Gasteiger partial charge in [-0.1, -0.05) is 95.6 Å². The first-order valence-electron chi connectivity index (χ1n) is 15.6. The molecule has 0 unspecified atom stereocenters. The first-order valence-corrected chi connectivity index (χ1v) is 16.4. The summed E-state index contributed by atoms with van der Waals surface area (Å²) in [6.45, 7) is 12.8. The Morgan fingerprint density at radius 1 is 0.886 bits per heavy atom. The third-order valence-corrected chi connectivity index (χ3v) is 10.2. The van der Waals surface area contributed by atoms with E-state index in [0.29, 0.717) is 0 Å². The summed E-state index contributed by atoms with van der Waals surface area (Å²) in [5.41, 5.74) is 7.22. The maximum Gasteiger partial charge on any atom is 0.162 e. The van der Waals surface area contributed by atoms with Crippen LogP contribution in [-0.2, 0) is 30.3 Å². The smallest absolute Gasteiger partial charge is 0.162 e. The van der Waals surface area contributed by atoms with Crippen molar-refractivity contribution in [3.8, 4) is 21.7 Å². The third-order valence-electron chi connectivity index (χ3n) is 9.02. The second-order valence-electron chi connectivity index (χ2n) is 12.0. The van der Waals surface area contributed by atoms with Crippen molar-refractivity contribution in [2.24, 2.45) is 11.8 Å². The molecule has 231 valence electrons. The number of thiophene rings is 1. The third kappa shape index (κ3) is 6.33.